The molecule has 64 valence electrons. The number of rotatable bonds is 1. The summed E-state index contributed by atoms with van der Waals surface area (Å²) in [6.45, 7) is 1.88. The van der Waals surface area contributed by atoms with Gasteiger partial charge in [-0.2, -0.15) is 0 Å². The second-order valence-electron chi connectivity index (χ2n) is 2.35. The average Bonchev–Trinajstić information content (AvgIpc) is 1.99. The van der Waals surface area contributed by atoms with E-state index in [1.54, 1.807) is 0 Å². The molecule has 0 amide bonds. The molecule has 0 radical (unpaired) electrons. The summed E-state index contributed by atoms with van der Waals surface area (Å²) in [5, 5.41) is 10.5. The van der Waals surface area contributed by atoms with E-state index in [9.17, 15) is 9.90 Å². The van der Waals surface area contributed by atoms with E-state index in [2.05, 4.69) is 31.9 Å². The molecule has 0 N–H and O–H groups in total. The van der Waals surface area contributed by atoms with Gasteiger partial charge in [0.05, 0.1) is 5.97 Å². The Morgan fingerprint density at radius 2 is 1.75 bits per heavy atom. The van der Waals surface area contributed by atoms with Crippen molar-refractivity contribution in [3.8, 4) is 0 Å². The highest BCUT2D eigenvalue weighted by Crippen LogP contribution is 2.25. The van der Waals surface area contributed by atoms with Crippen LogP contribution >= 0.6 is 31.9 Å². The number of benzene rings is 1. The number of halogens is 2. The van der Waals surface area contributed by atoms with E-state index in [1.807, 2.05) is 6.92 Å². The number of carbonyl (C=O) groups is 1. The van der Waals surface area contributed by atoms with Crippen molar-refractivity contribution in [1.29, 1.82) is 0 Å². The second-order valence-corrected chi connectivity index (χ2v) is 4.06. The molecule has 12 heavy (non-hydrogen) atoms. The van der Waals surface area contributed by atoms with Gasteiger partial charge in [0.2, 0.25) is 0 Å². The Morgan fingerprint density at radius 3 is 2.08 bits per heavy atom. The summed E-state index contributed by atoms with van der Waals surface area (Å²) < 4.78 is 1.52. The molecule has 0 heterocycles. The van der Waals surface area contributed by atoms with E-state index in [-0.39, 0.29) is 5.56 Å². The molecular weight excluding hydrogens is 288 g/mol. The lowest BCUT2D eigenvalue weighted by atomic mass is 10.1. The Hall–Kier alpha value is -0.350. The van der Waals surface area contributed by atoms with E-state index >= 15 is 0 Å². The fourth-order valence-corrected chi connectivity index (χ4v) is 1.95. The Morgan fingerprint density at radius 1 is 1.33 bits per heavy atom. The Kier molecular flexibility index (Phi) is 2.90. The fourth-order valence-electron chi connectivity index (χ4n) is 0.763. The van der Waals surface area contributed by atoms with Crippen LogP contribution in [0.3, 0.4) is 0 Å². The molecule has 0 aliphatic heterocycles. The van der Waals surface area contributed by atoms with Gasteiger partial charge >= 0.3 is 0 Å². The molecule has 0 atom stereocenters. The molecule has 0 spiro atoms. The van der Waals surface area contributed by atoms with Crippen molar-refractivity contribution in [3.05, 3.63) is 32.2 Å². The number of hydrogen-bond donors (Lipinski definition) is 0. The van der Waals surface area contributed by atoms with Crippen molar-refractivity contribution in [2.75, 3.05) is 0 Å². The fraction of sp³-hybridized carbons (Fsp3) is 0.125. The minimum Gasteiger partial charge on any atom is -0.545 e. The third-order valence-electron chi connectivity index (χ3n) is 1.52. The van der Waals surface area contributed by atoms with Crippen molar-refractivity contribution >= 4 is 37.8 Å². The highest BCUT2D eigenvalue weighted by molar-refractivity contribution is 9.11. The number of carbonyl (C=O) groups excluding carboxylic acids is 1. The van der Waals surface area contributed by atoms with E-state index in [4.69, 9.17) is 0 Å². The summed E-state index contributed by atoms with van der Waals surface area (Å²) in [7, 11) is 0. The lowest BCUT2D eigenvalue weighted by molar-refractivity contribution is -0.255. The maximum Gasteiger partial charge on any atom is 0.0716 e. The SMILES string of the molecule is Cc1c(Br)cc(C(=O)[O-])cc1Br. The van der Waals surface area contributed by atoms with Crippen LogP contribution in [0.1, 0.15) is 15.9 Å². The van der Waals surface area contributed by atoms with Crippen LogP contribution in [0, 0.1) is 6.92 Å². The summed E-state index contributed by atoms with van der Waals surface area (Å²) >= 11 is 6.49. The van der Waals surface area contributed by atoms with Crippen LogP contribution in [-0.4, -0.2) is 5.97 Å². The third kappa shape index (κ3) is 1.87. The molecule has 0 saturated carbocycles. The van der Waals surface area contributed by atoms with Gasteiger partial charge in [-0.3, -0.25) is 0 Å². The zero-order chi connectivity index (χ0) is 9.30. The molecule has 0 unspecified atom stereocenters. The van der Waals surface area contributed by atoms with Crippen molar-refractivity contribution in [1.82, 2.24) is 0 Å². The molecule has 0 fully saturated rings. The molecule has 0 saturated heterocycles. The van der Waals surface area contributed by atoms with Crippen LogP contribution < -0.4 is 5.11 Å². The first-order chi connectivity index (χ1) is 5.52. The van der Waals surface area contributed by atoms with Crippen LogP contribution in [0.15, 0.2) is 21.1 Å². The monoisotopic (exact) mass is 291 g/mol. The first kappa shape index (κ1) is 9.74. The van der Waals surface area contributed by atoms with Crippen LogP contribution in [0.25, 0.3) is 0 Å². The largest absolute Gasteiger partial charge is 0.545 e. The van der Waals surface area contributed by atoms with Crippen LogP contribution in [-0.2, 0) is 0 Å². The van der Waals surface area contributed by atoms with Crippen LogP contribution in [0.2, 0.25) is 0 Å². The van der Waals surface area contributed by atoms with Crippen molar-refractivity contribution < 1.29 is 9.90 Å². The van der Waals surface area contributed by atoms with Gasteiger partial charge in [0.15, 0.2) is 0 Å². The highest BCUT2D eigenvalue weighted by atomic mass is 79.9. The molecule has 0 aliphatic carbocycles. The predicted octanol–water partition coefficient (Wildman–Crippen LogP) is 1.88. The molecule has 2 nitrogen and oxygen atoms in total. The minimum absolute atomic E-state index is 0.166. The molecule has 1 rings (SSSR count). The van der Waals surface area contributed by atoms with E-state index < -0.39 is 5.97 Å². The lowest BCUT2D eigenvalue weighted by Gasteiger charge is -2.06. The summed E-state index contributed by atoms with van der Waals surface area (Å²) in [6.07, 6.45) is 0. The number of aromatic carboxylic acids is 1. The highest BCUT2D eigenvalue weighted by Gasteiger charge is 2.03. The molecule has 0 aliphatic rings. The lowest BCUT2D eigenvalue weighted by Crippen LogP contribution is -2.22. The van der Waals surface area contributed by atoms with E-state index in [0.29, 0.717) is 0 Å². The zero-order valence-corrected chi connectivity index (χ0v) is 9.40. The summed E-state index contributed by atoms with van der Waals surface area (Å²) in [6, 6.07) is 3.05. The van der Waals surface area contributed by atoms with Crippen LogP contribution in [0.4, 0.5) is 0 Å². The van der Waals surface area contributed by atoms with Gasteiger partial charge < -0.3 is 9.90 Å². The van der Waals surface area contributed by atoms with Gasteiger partial charge in [-0.25, -0.2) is 0 Å². The molecule has 1 aromatic rings. The third-order valence-corrected chi connectivity index (χ3v) is 3.16. The smallest absolute Gasteiger partial charge is 0.0716 e. The maximum absolute atomic E-state index is 10.5. The maximum atomic E-state index is 10.5. The molecule has 0 aromatic heterocycles. The second kappa shape index (κ2) is 3.58. The summed E-state index contributed by atoms with van der Waals surface area (Å²) in [5.41, 5.74) is 1.14. The molecule has 0 bridgehead atoms. The van der Waals surface area contributed by atoms with Gasteiger partial charge in [-0.1, -0.05) is 31.9 Å². The quantitative estimate of drug-likeness (QED) is 0.793. The minimum atomic E-state index is -1.17. The Labute approximate surface area is 86.9 Å². The van der Waals surface area contributed by atoms with Crippen molar-refractivity contribution in [2.45, 2.75) is 6.92 Å². The topological polar surface area (TPSA) is 40.1 Å². The summed E-state index contributed by atoms with van der Waals surface area (Å²) in [5.74, 6) is -1.17. The molecule has 1 aromatic carbocycles. The van der Waals surface area contributed by atoms with Crippen molar-refractivity contribution in [3.63, 3.8) is 0 Å². The molecule has 4 heteroatoms. The normalized spacial score (nSPS) is 9.92. The van der Waals surface area contributed by atoms with E-state index in [0.717, 1.165) is 14.5 Å². The Bertz CT molecular complexity index is 311. The number of carboxylic acid groups (broad SMARTS) is 1. The molecular formula is C8H5Br2O2-. The zero-order valence-electron chi connectivity index (χ0n) is 6.23. The standard InChI is InChI=1S/C8H6Br2O2/c1-4-6(9)2-5(8(11)12)3-7(4)10/h2-3H,1H3,(H,11,12)/p-1. The first-order valence-electron chi connectivity index (χ1n) is 3.19. The van der Waals surface area contributed by atoms with Gasteiger partial charge in [-0.05, 0) is 30.2 Å². The van der Waals surface area contributed by atoms with Gasteiger partial charge in [0.1, 0.15) is 0 Å². The number of hydrogen-bond acceptors (Lipinski definition) is 2. The van der Waals surface area contributed by atoms with Crippen LogP contribution in [0.5, 0.6) is 0 Å². The van der Waals surface area contributed by atoms with E-state index in [1.165, 1.54) is 12.1 Å². The van der Waals surface area contributed by atoms with Gasteiger partial charge in [-0.15, -0.1) is 0 Å². The van der Waals surface area contributed by atoms with Gasteiger partial charge in [0.25, 0.3) is 0 Å². The predicted molar refractivity (Wildman–Crippen MR) is 50.9 cm³/mol. The number of carboxylic acids is 1. The first-order valence-corrected chi connectivity index (χ1v) is 4.78. The Balaban J connectivity index is 3.31. The van der Waals surface area contributed by atoms with Crippen molar-refractivity contribution in [2.24, 2.45) is 0 Å². The average molecular weight is 293 g/mol. The summed E-state index contributed by atoms with van der Waals surface area (Å²) in [4.78, 5) is 10.5. The van der Waals surface area contributed by atoms with Gasteiger partial charge in [0, 0.05) is 8.95 Å².